The van der Waals surface area contributed by atoms with Gasteiger partial charge in [0, 0.05) is 0 Å². The summed E-state index contributed by atoms with van der Waals surface area (Å²) in [5, 5.41) is 2.56. The van der Waals surface area contributed by atoms with E-state index in [2.05, 4.69) is 55.2 Å². The van der Waals surface area contributed by atoms with E-state index in [4.69, 9.17) is 4.52 Å². The molecule has 0 unspecified atom stereocenters. The Morgan fingerprint density at radius 1 is 0.750 bits per heavy atom. The summed E-state index contributed by atoms with van der Waals surface area (Å²) in [6.45, 7) is 2.21. The van der Waals surface area contributed by atoms with E-state index in [9.17, 15) is 0 Å². The highest BCUT2D eigenvalue weighted by Gasteiger charge is 2.38. The minimum atomic E-state index is -1.65. The molecule has 0 heterocycles. The lowest BCUT2D eigenvalue weighted by Gasteiger charge is -2.19. The first kappa shape index (κ1) is 11.3. The van der Waals surface area contributed by atoms with Crippen molar-refractivity contribution >= 4 is 18.1 Å². The number of hydrogen-bond acceptors (Lipinski definition) is 1. The Morgan fingerprint density at radius 2 is 1.12 bits per heavy atom. The fraction of sp³-hybridized carbons (Fsp3) is 0.143. The Bertz CT molecular complexity index is 399. The van der Waals surface area contributed by atoms with Gasteiger partial charge < -0.3 is 0 Å². The van der Waals surface area contributed by atoms with Crippen molar-refractivity contribution in [1.82, 2.24) is 0 Å². The topological polar surface area (TPSA) is 9.23 Å². The molecule has 0 amide bonds. The molecule has 0 spiro atoms. The van der Waals surface area contributed by atoms with Crippen molar-refractivity contribution in [2.45, 2.75) is 0 Å². The van der Waals surface area contributed by atoms with Gasteiger partial charge in [-0.2, -0.15) is 0 Å². The summed E-state index contributed by atoms with van der Waals surface area (Å²) in [4.78, 5) is 0. The van der Waals surface area contributed by atoms with Crippen molar-refractivity contribution in [3.05, 3.63) is 60.7 Å². The summed E-state index contributed by atoms with van der Waals surface area (Å²) in [6.07, 6.45) is 0. The van der Waals surface area contributed by atoms with E-state index in [0.29, 0.717) is 0 Å². The molecular formula is C14H16OP+. The van der Waals surface area contributed by atoms with Crippen LogP contribution in [0.3, 0.4) is 0 Å². The number of hydrogen-bond donors (Lipinski definition) is 0. The minimum absolute atomic E-state index is 1.28. The lowest BCUT2D eigenvalue weighted by Crippen LogP contribution is -2.22. The summed E-state index contributed by atoms with van der Waals surface area (Å²) < 4.78 is 5.82. The molecule has 0 aromatic heterocycles. The van der Waals surface area contributed by atoms with E-state index in [1.807, 2.05) is 12.1 Å². The zero-order valence-electron chi connectivity index (χ0n) is 9.63. The van der Waals surface area contributed by atoms with Crippen LogP contribution in [0.25, 0.3) is 0 Å². The molecule has 0 aliphatic carbocycles. The third-order valence-electron chi connectivity index (χ3n) is 2.86. The summed E-state index contributed by atoms with van der Waals surface area (Å²) >= 11 is 0. The third kappa shape index (κ3) is 2.02. The van der Waals surface area contributed by atoms with Gasteiger partial charge in [-0.05, 0) is 24.3 Å². The molecular weight excluding hydrogens is 215 g/mol. The Balaban J connectivity index is 2.49. The maximum Gasteiger partial charge on any atom is 0.206 e. The first-order valence-electron chi connectivity index (χ1n) is 5.31. The fourth-order valence-corrected chi connectivity index (χ4v) is 3.99. The molecule has 0 aliphatic rings. The van der Waals surface area contributed by atoms with Gasteiger partial charge in [0.2, 0.25) is 7.49 Å². The van der Waals surface area contributed by atoms with E-state index in [0.717, 1.165) is 0 Å². The van der Waals surface area contributed by atoms with E-state index in [1.54, 1.807) is 7.11 Å². The third-order valence-corrected chi connectivity index (χ3v) is 6.16. The van der Waals surface area contributed by atoms with Crippen molar-refractivity contribution in [2.24, 2.45) is 0 Å². The molecule has 2 heteroatoms. The second kappa shape index (κ2) is 4.78. The molecule has 1 nitrogen and oxygen atoms in total. The van der Waals surface area contributed by atoms with E-state index in [-0.39, 0.29) is 0 Å². The molecule has 2 aromatic rings. The van der Waals surface area contributed by atoms with Crippen LogP contribution in [-0.4, -0.2) is 13.8 Å². The highest BCUT2D eigenvalue weighted by atomic mass is 31.2. The van der Waals surface area contributed by atoms with Crippen LogP contribution in [0.2, 0.25) is 0 Å². The first-order chi connectivity index (χ1) is 7.77. The smallest absolute Gasteiger partial charge is 0.206 e. The van der Waals surface area contributed by atoms with Crippen molar-refractivity contribution in [3.63, 3.8) is 0 Å². The average molecular weight is 231 g/mol. The van der Waals surface area contributed by atoms with Crippen LogP contribution in [0.1, 0.15) is 0 Å². The van der Waals surface area contributed by atoms with Gasteiger partial charge in [0.25, 0.3) is 0 Å². The van der Waals surface area contributed by atoms with Crippen molar-refractivity contribution in [1.29, 1.82) is 0 Å². The molecule has 2 aromatic carbocycles. The second-order valence-electron chi connectivity index (χ2n) is 3.78. The van der Waals surface area contributed by atoms with Crippen LogP contribution in [0.15, 0.2) is 60.7 Å². The molecule has 0 saturated carbocycles. The highest BCUT2D eigenvalue weighted by molar-refractivity contribution is 7.84. The highest BCUT2D eigenvalue weighted by Crippen LogP contribution is 2.52. The molecule has 0 saturated heterocycles. The van der Waals surface area contributed by atoms with Crippen LogP contribution in [0.4, 0.5) is 0 Å². The molecule has 0 aliphatic heterocycles. The van der Waals surface area contributed by atoms with E-state index >= 15 is 0 Å². The maximum absolute atomic E-state index is 5.82. The summed E-state index contributed by atoms with van der Waals surface area (Å²) in [5.41, 5.74) is 0. The molecule has 16 heavy (non-hydrogen) atoms. The molecule has 0 bridgehead atoms. The van der Waals surface area contributed by atoms with Gasteiger partial charge in [-0.15, -0.1) is 0 Å². The normalized spacial score (nSPS) is 11.4. The van der Waals surface area contributed by atoms with E-state index < -0.39 is 7.49 Å². The van der Waals surface area contributed by atoms with Crippen LogP contribution < -0.4 is 10.6 Å². The largest absolute Gasteiger partial charge is 0.231 e. The second-order valence-corrected chi connectivity index (χ2v) is 7.02. The standard InChI is InChI=1S/C14H16OP/c1-15-16(2,13-9-5-3-6-10-13)14-11-7-4-8-12-14/h3-12H,1-2H3/q+1. The average Bonchev–Trinajstić information content (AvgIpc) is 2.40. The maximum atomic E-state index is 5.82. The number of rotatable bonds is 3. The Hall–Kier alpha value is -1.17. The van der Waals surface area contributed by atoms with Crippen molar-refractivity contribution in [3.8, 4) is 0 Å². The van der Waals surface area contributed by atoms with Gasteiger partial charge >= 0.3 is 0 Å². The van der Waals surface area contributed by atoms with Gasteiger partial charge in [0.15, 0.2) is 0 Å². The summed E-state index contributed by atoms with van der Waals surface area (Å²) in [6, 6.07) is 20.9. The molecule has 0 N–H and O–H groups in total. The molecule has 2 rings (SSSR count). The SMILES string of the molecule is CO[P+](C)(c1ccccc1)c1ccccc1. The van der Waals surface area contributed by atoms with Crippen LogP contribution >= 0.6 is 7.49 Å². The first-order valence-corrected chi connectivity index (χ1v) is 7.46. The summed E-state index contributed by atoms with van der Waals surface area (Å²) in [5.74, 6) is 0. The Morgan fingerprint density at radius 3 is 1.44 bits per heavy atom. The predicted molar refractivity (Wildman–Crippen MR) is 72.0 cm³/mol. The fourth-order valence-electron chi connectivity index (χ4n) is 1.78. The van der Waals surface area contributed by atoms with Gasteiger partial charge in [0.1, 0.15) is 10.6 Å². The Kier molecular flexibility index (Phi) is 3.38. The minimum Gasteiger partial charge on any atom is -0.231 e. The van der Waals surface area contributed by atoms with Crippen LogP contribution in [-0.2, 0) is 4.52 Å². The molecule has 82 valence electrons. The lowest BCUT2D eigenvalue weighted by molar-refractivity contribution is 0.463. The van der Waals surface area contributed by atoms with Crippen molar-refractivity contribution in [2.75, 3.05) is 13.8 Å². The lowest BCUT2D eigenvalue weighted by atomic mass is 10.4. The van der Waals surface area contributed by atoms with E-state index in [1.165, 1.54) is 10.6 Å². The number of benzene rings is 2. The molecule has 0 fully saturated rings. The van der Waals surface area contributed by atoms with Crippen molar-refractivity contribution < 1.29 is 4.52 Å². The predicted octanol–water partition coefficient (Wildman–Crippen LogP) is 2.85. The zero-order chi connectivity index (χ0) is 11.4. The quantitative estimate of drug-likeness (QED) is 0.738. The Labute approximate surface area is 97.5 Å². The zero-order valence-corrected chi connectivity index (χ0v) is 10.5. The molecule has 0 atom stereocenters. The molecule has 0 radical (unpaired) electrons. The van der Waals surface area contributed by atoms with Gasteiger partial charge in [0.05, 0.1) is 13.8 Å². The van der Waals surface area contributed by atoms with Crippen LogP contribution in [0.5, 0.6) is 0 Å². The summed E-state index contributed by atoms with van der Waals surface area (Å²) in [7, 11) is 0.144. The van der Waals surface area contributed by atoms with Gasteiger partial charge in [-0.1, -0.05) is 36.4 Å². The monoisotopic (exact) mass is 231 g/mol. The van der Waals surface area contributed by atoms with Crippen LogP contribution in [0, 0.1) is 0 Å². The van der Waals surface area contributed by atoms with Gasteiger partial charge in [-0.25, -0.2) is 4.52 Å². The van der Waals surface area contributed by atoms with Gasteiger partial charge in [-0.3, -0.25) is 0 Å².